The Morgan fingerprint density at radius 3 is 2.26 bits per heavy atom. The van der Waals surface area contributed by atoms with Gasteiger partial charge in [0.1, 0.15) is 5.75 Å². The van der Waals surface area contributed by atoms with Gasteiger partial charge in [-0.15, -0.1) is 0 Å². The van der Waals surface area contributed by atoms with E-state index in [0.29, 0.717) is 6.42 Å². The second-order valence-corrected chi connectivity index (χ2v) is 4.81. The number of aliphatic hydroxyl groups is 1. The summed E-state index contributed by atoms with van der Waals surface area (Å²) in [5.41, 5.74) is 1.97. The first-order valence-corrected chi connectivity index (χ1v) is 6.48. The second-order valence-electron chi connectivity index (χ2n) is 4.81. The minimum atomic E-state index is -0.504. The number of benzene rings is 1. The first-order valence-electron chi connectivity index (χ1n) is 6.48. The number of ether oxygens (including phenoxy) is 1. The van der Waals surface area contributed by atoms with E-state index in [4.69, 9.17) is 4.74 Å². The van der Waals surface area contributed by atoms with Crippen LogP contribution in [0, 0.1) is 0 Å². The molecule has 3 nitrogen and oxygen atoms in total. The van der Waals surface area contributed by atoms with Crippen molar-refractivity contribution < 1.29 is 9.84 Å². The van der Waals surface area contributed by atoms with Gasteiger partial charge in [0.2, 0.25) is 0 Å². The van der Waals surface area contributed by atoms with Gasteiger partial charge in [-0.1, -0.05) is 12.1 Å². The van der Waals surface area contributed by atoms with Gasteiger partial charge in [0.25, 0.3) is 0 Å². The molecule has 0 radical (unpaired) electrons. The Balaban J connectivity index is 2.01. The maximum absolute atomic E-state index is 10.2. The highest BCUT2D eigenvalue weighted by Gasteiger charge is 2.09. The molecule has 0 saturated heterocycles. The van der Waals surface area contributed by atoms with E-state index in [9.17, 15) is 5.11 Å². The monoisotopic (exact) mass is 257 g/mol. The lowest BCUT2D eigenvalue weighted by Crippen LogP contribution is -2.06. The van der Waals surface area contributed by atoms with Crippen LogP contribution in [0.5, 0.6) is 5.75 Å². The van der Waals surface area contributed by atoms with Crippen LogP contribution in [0.4, 0.5) is 0 Å². The van der Waals surface area contributed by atoms with Crippen molar-refractivity contribution in [1.82, 2.24) is 4.98 Å². The summed E-state index contributed by atoms with van der Waals surface area (Å²) in [6, 6.07) is 11.4. The summed E-state index contributed by atoms with van der Waals surface area (Å²) >= 11 is 0. The quantitative estimate of drug-likeness (QED) is 0.894. The van der Waals surface area contributed by atoms with Gasteiger partial charge in [-0.2, -0.15) is 0 Å². The van der Waals surface area contributed by atoms with E-state index in [1.807, 2.05) is 50.2 Å². The van der Waals surface area contributed by atoms with E-state index >= 15 is 0 Å². The Kier molecular flexibility index (Phi) is 4.53. The molecule has 0 aliphatic carbocycles. The van der Waals surface area contributed by atoms with Crippen LogP contribution in [-0.4, -0.2) is 16.2 Å². The number of rotatable bonds is 5. The van der Waals surface area contributed by atoms with Crippen molar-refractivity contribution >= 4 is 0 Å². The third-order valence-corrected chi connectivity index (χ3v) is 2.82. The molecule has 0 bridgehead atoms. The number of aliphatic hydroxyl groups excluding tert-OH is 1. The molecule has 2 aromatic rings. The fourth-order valence-corrected chi connectivity index (χ4v) is 1.90. The van der Waals surface area contributed by atoms with Crippen molar-refractivity contribution in [3.05, 3.63) is 59.9 Å². The van der Waals surface area contributed by atoms with Gasteiger partial charge in [-0.3, -0.25) is 4.98 Å². The molecule has 1 atom stereocenters. The van der Waals surface area contributed by atoms with Crippen molar-refractivity contribution in [2.45, 2.75) is 32.5 Å². The van der Waals surface area contributed by atoms with Crippen LogP contribution in [0.25, 0.3) is 0 Å². The fraction of sp³-hybridized carbons (Fsp3) is 0.312. The highest BCUT2D eigenvalue weighted by atomic mass is 16.5. The number of aromatic nitrogens is 1. The van der Waals surface area contributed by atoms with Gasteiger partial charge in [-0.05, 0) is 49.2 Å². The van der Waals surface area contributed by atoms with Gasteiger partial charge in [0, 0.05) is 18.8 Å². The van der Waals surface area contributed by atoms with E-state index in [1.165, 1.54) is 0 Å². The van der Waals surface area contributed by atoms with Gasteiger partial charge in [0.15, 0.2) is 0 Å². The Morgan fingerprint density at radius 1 is 1.05 bits per heavy atom. The lowest BCUT2D eigenvalue weighted by Gasteiger charge is -2.13. The average Bonchev–Trinajstić information content (AvgIpc) is 2.40. The molecule has 1 aromatic heterocycles. The van der Waals surface area contributed by atoms with Crippen molar-refractivity contribution in [3.63, 3.8) is 0 Å². The summed E-state index contributed by atoms with van der Waals surface area (Å²) < 4.78 is 5.58. The number of pyridine rings is 1. The van der Waals surface area contributed by atoms with Gasteiger partial charge < -0.3 is 9.84 Å². The highest BCUT2D eigenvalue weighted by molar-refractivity contribution is 5.29. The first-order chi connectivity index (χ1) is 9.15. The van der Waals surface area contributed by atoms with Crippen molar-refractivity contribution in [2.24, 2.45) is 0 Å². The Labute approximate surface area is 113 Å². The molecule has 1 aromatic carbocycles. The van der Waals surface area contributed by atoms with E-state index in [0.717, 1.165) is 16.9 Å². The molecule has 100 valence electrons. The summed E-state index contributed by atoms with van der Waals surface area (Å²) in [7, 11) is 0. The predicted molar refractivity (Wildman–Crippen MR) is 75.1 cm³/mol. The Hall–Kier alpha value is -1.87. The van der Waals surface area contributed by atoms with Crippen LogP contribution in [-0.2, 0) is 6.42 Å². The normalized spacial score (nSPS) is 12.4. The largest absolute Gasteiger partial charge is 0.491 e. The maximum Gasteiger partial charge on any atom is 0.119 e. The van der Waals surface area contributed by atoms with E-state index in [-0.39, 0.29) is 6.10 Å². The number of hydrogen-bond acceptors (Lipinski definition) is 3. The van der Waals surface area contributed by atoms with Crippen molar-refractivity contribution in [2.75, 3.05) is 0 Å². The van der Waals surface area contributed by atoms with Crippen LogP contribution in [0.15, 0.2) is 48.8 Å². The third kappa shape index (κ3) is 4.07. The Bertz CT molecular complexity index is 494. The maximum atomic E-state index is 10.2. The molecule has 0 saturated carbocycles. The zero-order chi connectivity index (χ0) is 13.7. The average molecular weight is 257 g/mol. The summed E-state index contributed by atoms with van der Waals surface area (Å²) in [4.78, 5) is 3.97. The lowest BCUT2D eigenvalue weighted by molar-refractivity contribution is 0.178. The molecule has 3 heteroatoms. The molecular weight excluding hydrogens is 238 g/mol. The van der Waals surface area contributed by atoms with E-state index in [2.05, 4.69) is 4.98 Å². The topological polar surface area (TPSA) is 42.4 Å². The first kappa shape index (κ1) is 13.6. The third-order valence-electron chi connectivity index (χ3n) is 2.82. The van der Waals surface area contributed by atoms with Crippen molar-refractivity contribution in [1.29, 1.82) is 0 Å². The molecule has 1 unspecified atom stereocenters. The molecular formula is C16H19NO2. The fourth-order valence-electron chi connectivity index (χ4n) is 1.90. The highest BCUT2D eigenvalue weighted by Crippen LogP contribution is 2.21. The molecule has 1 heterocycles. The summed E-state index contributed by atoms with van der Waals surface area (Å²) in [5.74, 6) is 0.829. The molecule has 19 heavy (non-hydrogen) atoms. The standard InChI is InChI=1S/C16H19NO2/c1-12(2)19-15-5-3-14(4-6-15)16(18)11-13-7-9-17-10-8-13/h3-10,12,16,18H,11H2,1-2H3. The summed E-state index contributed by atoms with van der Waals surface area (Å²) in [6.45, 7) is 3.98. The van der Waals surface area contributed by atoms with E-state index < -0.39 is 6.10 Å². The molecule has 2 rings (SSSR count). The molecule has 0 spiro atoms. The van der Waals surface area contributed by atoms with Crippen LogP contribution in [0.2, 0.25) is 0 Å². The smallest absolute Gasteiger partial charge is 0.119 e. The minimum absolute atomic E-state index is 0.160. The minimum Gasteiger partial charge on any atom is -0.491 e. The van der Waals surface area contributed by atoms with Crippen LogP contribution >= 0.6 is 0 Å². The van der Waals surface area contributed by atoms with E-state index in [1.54, 1.807) is 12.4 Å². The van der Waals surface area contributed by atoms with Crippen molar-refractivity contribution in [3.8, 4) is 5.75 Å². The molecule has 0 aliphatic heterocycles. The lowest BCUT2D eigenvalue weighted by atomic mass is 10.0. The van der Waals surface area contributed by atoms with Gasteiger partial charge >= 0.3 is 0 Å². The Morgan fingerprint density at radius 2 is 1.68 bits per heavy atom. The van der Waals surface area contributed by atoms with Crippen LogP contribution in [0.1, 0.15) is 31.1 Å². The SMILES string of the molecule is CC(C)Oc1ccc(C(O)Cc2ccncc2)cc1. The summed E-state index contributed by atoms with van der Waals surface area (Å²) in [6.07, 6.45) is 3.72. The number of hydrogen-bond donors (Lipinski definition) is 1. The molecule has 1 N–H and O–H groups in total. The molecule has 0 amide bonds. The van der Waals surface area contributed by atoms with Gasteiger partial charge in [-0.25, -0.2) is 0 Å². The molecule has 0 fully saturated rings. The second kappa shape index (κ2) is 6.34. The van der Waals surface area contributed by atoms with Crippen LogP contribution < -0.4 is 4.74 Å². The van der Waals surface area contributed by atoms with Gasteiger partial charge in [0.05, 0.1) is 12.2 Å². The predicted octanol–water partition coefficient (Wildman–Crippen LogP) is 3.14. The number of nitrogens with zero attached hydrogens (tertiary/aromatic N) is 1. The molecule has 0 aliphatic rings. The zero-order valence-corrected chi connectivity index (χ0v) is 11.3. The summed E-state index contributed by atoms with van der Waals surface area (Å²) in [5, 5.41) is 10.2. The zero-order valence-electron chi connectivity index (χ0n) is 11.3. The van der Waals surface area contributed by atoms with Crippen LogP contribution in [0.3, 0.4) is 0 Å².